The van der Waals surface area contributed by atoms with Crippen LogP contribution in [0.1, 0.15) is 39.5 Å². The molecule has 5 nitrogen and oxygen atoms in total. The molecule has 5 heteroatoms. The van der Waals surface area contributed by atoms with Crippen LogP contribution in [0, 0.1) is 5.92 Å². The Kier molecular flexibility index (Phi) is 4.73. The first kappa shape index (κ1) is 13.0. The van der Waals surface area contributed by atoms with E-state index in [-0.39, 0.29) is 11.9 Å². The molecule has 0 heterocycles. The van der Waals surface area contributed by atoms with E-state index in [1.165, 1.54) is 19.3 Å². The lowest BCUT2D eigenvalue weighted by Gasteiger charge is -2.28. The summed E-state index contributed by atoms with van der Waals surface area (Å²) in [5.74, 6) is 0.336. The number of amides is 3. The van der Waals surface area contributed by atoms with E-state index in [0.29, 0.717) is 12.0 Å². The number of nitrogens with one attached hydrogen (secondary N) is 1. The molecule has 0 unspecified atom stereocenters. The van der Waals surface area contributed by atoms with E-state index in [4.69, 9.17) is 5.73 Å². The van der Waals surface area contributed by atoms with Gasteiger partial charge in [-0.3, -0.25) is 10.1 Å². The van der Waals surface area contributed by atoms with Crippen molar-refractivity contribution >= 4 is 11.9 Å². The van der Waals surface area contributed by atoms with Gasteiger partial charge in [-0.15, -0.1) is 0 Å². The topological polar surface area (TPSA) is 88.8 Å². The Bertz CT molecular complexity index is 268. The van der Waals surface area contributed by atoms with Crippen LogP contribution in [-0.4, -0.2) is 24.0 Å². The predicted octanol–water partition coefficient (Wildman–Crippen LogP) is -0.288. The van der Waals surface area contributed by atoms with Gasteiger partial charge >= 0.3 is 6.03 Å². The number of imide groups is 1. The van der Waals surface area contributed by atoms with E-state index in [0.717, 1.165) is 6.42 Å². The first-order valence-corrected chi connectivity index (χ1v) is 5.96. The molecule has 0 saturated heterocycles. The van der Waals surface area contributed by atoms with Crippen LogP contribution in [0.4, 0.5) is 4.79 Å². The van der Waals surface area contributed by atoms with Crippen molar-refractivity contribution in [2.75, 3.05) is 0 Å². The molecule has 0 radical (unpaired) electrons. The zero-order chi connectivity index (χ0) is 12.1. The highest BCUT2D eigenvalue weighted by atomic mass is 16.2. The molecular weight excluding hydrogens is 206 g/mol. The van der Waals surface area contributed by atoms with Gasteiger partial charge in [0, 0.05) is 5.92 Å². The van der Waals surface area contributed by atoms with Crippen molar-refractivity contribution in [1.29, 1.82) is 0 Å². The third-order valence-electron chi connectivity index (χ3n) is 3.37. The number of carbonyl (C=O) groups is 2. The molecule has 92 valence electrons. The van der Waals surface area contributed by atoms with Crippen LogP contribution in [0.25, 0.3) is 0 Å². The molecule has 0 spiro atoms. The van der Waals surface area contributed by atoms with E-state index >= 15 is 0 Å². The smallest absolute Gasteiger partial charge is 0.319 e. The minimum absolute atomic E-state index is 0.252. The van der Waals surface area contributed by atoms with Gasteiger partial charge in [-0.05, 0) is 26.2 Å². The van der Waals surface area contributed by atoms with Crippen LogP contribution in [0.3, 0.4) is 0 Å². The van der Waals surface area contributed by atoms with Crippen molar-refractivity contribution < 1.29 is 14.9 Å². The molecule has 3 atom stereocenters. The maximum Gasteiger partial charge on any atom is 0.319 e. The van der Waals surface area contributed by atoms with Crippen LogP contribution in [0.5, 0.6) is 0 Å². The zero-order valence-corrected chi connectivity index (χ0v) is 10.0. The van der Waals surface area contributed by atoms with E-state index < -0.39 is 6.03 Å². The monoisotopic (exact) mass is 228 g/mol. The fourth-order valence-electron chi connectivity index (χ4n) is 2.32. The fourth-order valence-corrected chi connectivity index (χ4v) is 2.32. The first-order valence-electron chi connectivity index (χ1n) is 5.96. The van der Waals surface area contributed by atoms with E-state index in [2.05, 4.69) is 17.6 Å². The summed E-state index contributed by atoms with van der Waals surface area (Å²) in [7, 11) is 0. The lowest BCUT2D eigenvalue weighted by molar-refractivity contribution is -0.714. The highest BCUT2D eigenvalue weighted by Crippen LogP contribution is 2.21. The standard InChI is InChI=1S/C11H21N3O2/c1-7-5-3-4-6-9(7)13-8(2)10(15)14-11(12)16/h7-9,13H,3-6H2,1-2H3,(H3,12,14,15,16)/p+1/t7-,8-,9-/m0/s1. The third-order valence-corrected chi connectivity index (χ3v) is 3.37. The highest BCUT2D eigenvalue weighted by Gasteiger charge is 2.28. The maximum atomic E-state index is 11.5. The minimum atomic E-state index is -0.776. The van der Waals surface area contributed by atoms with Crippen molar-refractivity contribution in [1.82, 2.24) is 5.32 Å². The number of primary amides is 1. The Morgan fingerprint density at radius 2 is 2.00 bits per heavy atom. The second kappa shape index (κ2) is 5.84. The summed E-state index contributed by atoms with van der Waals surface area (Å²) in [5.41, 5.74) is 4.91. The summed E-state index contributed by atoms with van der Waals surface area (Å²) in [6.45, 7) is 4.03. The van der Waals surface area contributed by atoms with Gasteiger partial charge in [0.15, 0.2) is 6.04 Å². The molecular formula is C11H22N3O2+. The van der Waals surface area contributed by atoms with E-state index in [1.807, 2.05) is 0 Å². The number of nitrogens with two attached hydrogens (primary N) is 2. The number of quaternary nitrogens is 1. The van der Waals surface area contributed by atoms with Gasteiger partial charge < -0.3 is 11.1 Å². The Labute approximate surface area is 96.1 Å². The largest absolute Gasteiger partial charge is 0.351 e. The van der Waals surface area contributed by atoms with Crippen molar-refractivity contribution in [3.8, 4) is 0 Å². The number of carbonyl (C=O) groups excluding carboxylic acids is 2. The quantitative estimate of drug-likeness (QED) is 0.620. The van der Waals surface area contributed by atoms with Crippen LogP contribution >= 0.6 is 0 Å². The normalized spacial score (nSPS) is 27.1. The van der Waals surface area contributed by atoms with Crippen LogP contribution in [0.15, 0.2) is 0 Å². The molecule has 0 aromatic carbocycles. The zero-order valence-electron chi connectivity index (χ0n) is 10.0. The van der Waals surface area contributed by atoms with Gasteiger partial charge in [0.1, 0.15) is 0 Å². The summed E-state index contributed by atoms with van der Waals surface area (Å²) < 4.78 is 0. The van der Waals surface area contributed by atoms with Gasteiger partial charge in [-0.1, -0.05) is 13.3 Å². The Morgan fingerprint density at radius 1 is 1.38 bits per heavy atom. The van der Waals surface area contributed by atoms with Crippen LogP contribution < -0.4 is 16.4 Å². The Morgan fingerprint density at radius 3 is 2.56 bits per heavy atom. The second-order valence-corrected chi connectivity index (χ2v) is 4.76. The first-order chi connectivity index (χ1) is 7.50. The molecule has 0 aromatic heterocycles. The van der Waals surface area contributed by atoms with Crippen molar-refractivity contribution in [2.24, 2.45) is 11.7 Å². The molecule has 3 amide bonds. The average Bonchev–Trinajstić information content (AvgIpc) is 2.20. The molecule has 5 N–H and O–H groups in total. The lowest BCUT2D eigenvalue weighted by Crippen LogP contribution is -2.98. The molecule has 0 aromatic rings. The molecule has 1 aliphatic carbocycles. The fraction of sp³-hybridized carbons (Fsp3) is 0.818. The van der Waals surface area contributed by atoms with E-state index in [9.17, 15) is 9.59 Å². The van der Waals surface area contributed by atoms with E-state index in [1.54, 1.807) is 6.92 Å². The summed E-state index contributed by atoms with van der Waals surface area (Å²) in [5, 5.41) is 4.17. The Hall–Kier alpha value is -1.10. The molecule has 1 rings (SSSR count). The number of hydrogen-bond donors (Lipinski definition) is 3. The lowest BCUT2D eigenvalue weighted by atomic mass is 9.85. The Balaban J connectivity index is 2.40. The molecule has 0 aliphatic heterocycles. The molecule has 1 saturated carbocycles. The third kappa shape index (κ3) is 3.81. The summed E-state index contributed by atoms with van der Waals surface area (Å²) in [6, 6.07) is -0.539. The summed E-state index contributed by atoms with van der Waals surface area (Å²) >= 11 is 0. The highest BCUT2D eigenvalue weighted by molar-refractivity contribution is 5.95. The van der Waals surface area contributed by atoms with Gasteiger partial charge in [0.05, 0.1) is 6.04 Å². The summed E-state index contributed by atoms with van der Waals surface area (Å²) in [4.78, 5) is 22.0. The van der Waals surface area contributed by atoms with Crippen molar-refractivity contribution in [2.45, 2.75) is 51.6 Å². The molecule has 0 bridgehead atoms. The SMILES string of the molecule is C[C@H]([NH2+][C@H]1CCCC[C@@H]1C)C(=O)NC(N)=O. The number of rotatable bonds is 3. The minimum Gasteiger partial charge on any atom is -0.351 e. The predicted molar refractivity (Wildman–Crippen MR) is 60.5 cm³/mol. The van der Waals surface area contributed by atoms with Gasteiger partial charge in [0.2, 0.25) is 0 Å². The summed E-state index contributed by atoms with van der Waals surface area (Å²) in [6.07, 6.45) is 4.89. The second-order valence-electron chi connectivity index (χ2n) is 4.76. The van der Waals surface area contributed by atoms with Gasteiger partial charge in [-0.25, -0.2) is 4.79 Å². The molecule has 16 heavy (non-hydrogen) atoms. The van der Waals surface area contributed by atoms with Crippen molar-refractivity contribution in [3.05, 3.63) is 0 Å². The number of hydrogen-bond acceptors (Lipinski definition) is 2. The average molecular weight is 228 g/mol. The maximum absolute atomic E-state index is 11.5. The van der Waals surface area contributed by atoms with Gasteiger partial charge in [0.25, 0.3) is 5.91 Å². The molecule has 1 fully saturated rings. The van der Waals surface area contributed by atoms with Crippen LogP contribution in [0.2, 0.25) is 0 Å². The molecule has 1 aliphatic rings. The number of urea groups is 1. The van der Waals surface area contributed by atoms with Crippen molar-refractivity contribution in [3.63, 3.8) is 0 Å². The van der Waals surface area contributed by atoms with Gasteiger partial charge in [-0.2, -0.15) is 0 Å². The van der Waals surface area contributed by atoms with Crippen LogP contribution in [-0.2, 0) is 4.79 Å².